The fourth-order valence-electron chi connectivity index (χ4n) is 1.00. The van der Waals surface area contributed by atoms with Crippen molar-refractivity contribution >= 4 is 17.4 Å². The molecule has 0 N–H and O–H groups in total. The number of nitro groups is 1. The fourth-order valence-corrected chi connectivity index (χ4v) is 1.19. The summed E-state index contributed by atoms with van der Waals surface area (Å²) in [6.45, 7) is 0. The summed E-state index contributed by atoms with van der Waals surface area (Å²) in [6, 6.07) is 2.76. The van der Waals surface area contributed by atoms with Gasteiger partial charge in [0, 0.05) is 6.07 Å². The number of ether oxygens (including phenoxy) is 1. The summed E-state index contributed by atoms with van der Waals surface area (Å²) >= 11 is 5.60. The molecule has 14 heavy (non-hydrogen) atoms. The summed E-state index contributed by atoms with van der Waals surface area (Å²) in [5.74, 6) is 0.132. The Hall–Kier alpha value is -1.36. The normalized spacial score (nSPS) is 15.2. The standard InChI is InChI=1S/C8H7ClN2O3/c9-7-3-6(14-5-1-2-5)4-8(10-7)11(12)13/h3-5H,1-2H2. The Morgan fingerprint density at radius 2 is 2.29 bits per heavy atom. The molecule has 1 aromatic rings. The third-order valence-corrected chi connectivity index (χ3v) is 1.96. The summed E-state index contributed by atoms with van der Waals surface area (Å²) in [6.07, 6.45) is 2.18. The van der Waals surface area contributed by atoms with Crippen molar-refractivity contribution in [3.8, 4) is 5.75 Å². The molecule has 0 saturated heterocycles. The van der Waals surface area contributed by atoms with Gasteiger partial charge < -0.3 is 14.9 Å². The summed E-state index contributed by atoms with van der Waals surface area (Å²) in [7, 11) is 0. The van der Waals surface area contributed by atoms with Crippen molar-refractivity contribution in [2.75, 3.05) is 0 Å². The third kappa shape index (κ3) is 2.11. The maximum Gasteiger partial charge on any atom is 0.368 e. The predicted octanol–water partition coefficient (Wildman–Crippen LogP) is 2.18. The zero-order valence-electron chi connectivity index (χ0n) is 7.14. The van der Waals surface area contributed by atoms with Gasteiger partial charge in [-0.25, -0.2) is 0 Å². The van der Waals surface area contributed by atoms with Crippen molar-refractivity contribution in [2.24, 2.45) is 0 Å². The molecule has 1 heterocycles. The molecule has 74 valence electrons. The fraction of sp³-hybridized carbons (Fsp3) is 0.375. The summed E-state index contributed by atoms with van der Waals surface area (Å²) < 4.78 is 5.37. The van der Waals surface area contributed by atoms with E-state index in [0.29, 0.717) is 5.75 Å². The van der Waals surface area contributed by atoms with Gasteiger partial charge in [0.05, 0.1) is 12.2 Å². The molecule has 0 aromatic carbocycles. The van der Waals surface area contributed by atoms with Gasteiger partial charge in [0.25, 0.3) is 0 Å². The Balaban J connectivity index is 2.25. The van der Waals surface area contributed by atoms with Gasteiger partial charge in [-0.15, -0.1) is 0 Å². The van der Waals surface area contributed by atoms with E-state index in [4.69, 9.17) is 16.3 Å². The van der Waals surface area contributed by atoms with E-state index in [0.717, 1.165) is 12.8 Å². The maximum absolute atomic E-state index is 10.4. The number of hydrogen-bond acceptors (Lipinski definition) is 4. The molecular formula is C8H7ClN2O3. The Morgan fingerprint density at radius 3 is 2.86 bits per heavy atom. The van der Waals surface area contributed by atoms with Crippen LogP contribution in [0.3, 0.4) is 0 Å². The second kappa shape index (κ2) is 3.42. The molecule has 1 aliphatic carbocycles. The minimum atomic E-state index is -0.592. The van der Waals surface area contributed by atoms with Crippen LogP contribution in [-0.4, -0.2) is 16.0 Å². The molecule has 0 amide bonds. The number of nitrogens with zero attached hydrogens (tertiary/aromatic N) is 2. The van der Waals surface area contributed by atoms with Crippen molar-refractivity contribution in [1.82, 2.24) is 4.98 Å². The van der Waals surface area contributed by atoms with E-state index in [-0.39, 0.29) is 17.1 Å². The smallest absolute Gasteiger partial charge is 0.368 e. The quantitative estimate of drug-likeness (QED) is 0.440. The van der Waals surface area contributed by atoms with Crippen LogP contribution in [0, 0.1) is 10.1 Å². The number of halogens is 1. The number of pyridine rings is 1. The Morgan fingerprint density at radius 1 is 1.57 bits per heavy atom. The van der Waals surface area contributed by atoms with Crippen LogP contribution in [0.4, 0.5) is 5.82 Å². The molecule has 1 fully saturated rings. The SMILES string of the molecule is O=[N+]([O-])c1cc(OC2CC2)cc(Cl)n1. The average Bonchev–Trinajstić information content (AvgIpc) is 2.87. The van der Waals surface area contributed by atoms with Crippen LogP contribution >= 0.6 is 11.6 Å². The van der Waals surface area contributed by atoms with E-state index < -0.39 is 4.92 Å². The van der Waals surface area contributed by atoms with Gasteiger partial charge in [0.2, 0.25) is 5.15 Å². The first-order chi connectivity index (χ1) is 6.65. The highest BCUT2D eigenvalue weighted by molar-refractivity contribution is 6.29. The minimum absolute atomic E-state index is 0.0786. The lowest BCUT2D eigenvalue weighted by molar-refractivity contribution is -0.389. The van der Waals surface area contributed by atoms with E-state index in [1.165, 1.54) is 12.1 Å². The lowest BCUT2D eigenvalue weighted by atomic mass is 10.4. The molecular weight excluding hydrogens is 208 g/mol. The zero-order valence-corrected chi connectivity index (χ0v) is 7.90. The average molecular weight is 215 g/mol. The lowest BCUT2D eigenvalue weighted by Crippen LogP contribution is -1.98. The largest absolute Gasteiger partial charge is 0.490 e. The van der Waals surface area contributed by atoms with Crippen molar-refractivity contribution < 1.29 is 9.66 Å². The van der Waals surface area contributed by atoms with Crippen LogP contribution < -0.4 is 4.74 Å². The molecule has 1 aromatic heterocycles. The van der Waals surface area contributed by atoms with E-state index in [9.17, 15) is 10.1 Å². The van der Waals surface area contributed by atoms with Crippen molar-refractivity contribution in [3.05, 3.63) is 27.4 Å². The van der Waals surface area contributed by atoms with Gasteiger partial charge in [-0.1, -0.05) is 0 Å². The molecule has 5 nitrogen and oxygen atoms in total. The topological polar surface area (TPSA) is 65.3 Å². The molecule has 2 rings (SSSR count). The van der Waals surface area contributed by atoms with Gasteiger partial charge in [-0.3, -0.25) is 0 Å². The maximum atomic E-state index is 10.4. The monoisotopic (exact) mass is 214 g/mol. The number of rotatable bonds is 3. The minimum Gasteiger partial charge on any atom is -0.490 e. The van der Waals surface area contributed by atoms with Gasteiger partial charge in [-0.05, 0) is 34.3 Å². The lowest BCUT2D eigenvalue weighted by Gasteiger charge is -2.02. The van der Waals surface area contributed by atoms with Crippen molar-refractivity contribution in [1.29, 1.82) is 0 Å². The van der Waals surface area contributed by atoms with E-state index >= 15 is 0 Å². The Bertz CT molecular complexity index is 379. The molecule has 1 aliphatic rings. The van der Waals surface area contributed by atoms with E-state index in [1.807, 2.05) is 0 Å². The van der Waals surface area contributed by atoms with Crippen LogP contribution in [0.15, 0.2) is 12.1 Å². The first kappa shape index (κ1) is 9.21. The molecule has 0 bridgehead atoms. The highest BCUT2D eigenvalue weighted by Gasteiger charge is 2.25. The Labute approximate surface area is 84.8 Å². The van der Waals surface area contributed by atoms with Gasteiger partial charge >= 0.3 is 5.82 Å². The summed E-state index contributed by atoms with van der Waals surface area (Å²) in [5.41, 5.74) is 0. The zero-order chi connectivity index (χ0) is 10.1. The van der Waals surface area contributed by atoms with Gasteiger partial charge in [0.1, 0.15) is 5.75 Å². The molecule has 0 unspecified atom stereocenters. The highest BCUT2D eigenvalue weighted by atomic mass is 35.5. The van der Waals surface area contributed by atoms with Gasteiger partial charge in [-0.2, -0.15) is 0 Å². The van der Waals surface area contributed by atoms with Crippen LogP contribution in [0.25, 0.3) is 0 Å². The second-order valence-electron chi connectivity index (χ2n) is 3.06. The van der Waals surface area contributed by atoms with Gasteiger partial charge in [0.15, 0.2) is 0 Å². The molecule has 0 aliphatic heterocycles. The number of hydrogen-bond donors (Lipinski definition) is 0. The van der Waals surface area contributed by atoms with Crippen LogP contribution in [-0.2, 0) is 0 Å². The van der Waals surface area contributed by atoms with Crippen LogP contribution in [0.2, 0.25) is 5.15 Å². The Kier molecular flexibility index (Phi) is 2.25. The van der Waals surface area contributed by atoms with E-state index in [2.05, 4.69) is 4.98 Å². The summed E-state index contributed by atoms with van der Waals surface area (Å²) in [4.78, 5) is 13.4. The number of aromatic nitrogens is 1. The van der Waals surface area contributed by atoms with E-state index in [1.54, 1.807) is 0 Å². The van der Waals surface area contributed by atoms with Crippen molar-refractivity contribution in [3.63, 3.8) is 0 Å². The molecule has 0 radical (unpaired) electrons. The van der Waals surface area contributed by atoms with Crippen molar-refractivity contribution in [2.45, 2.75) is 18.9 Å². The molecule has 1 saturated carbocycles. The first-order valence-corrected chi connectivity index (χ1v) is 4.51. The molecule has 0 atom stereocenters. The molecule has 6 heteroatoms. The first-order valence-electron chi connectivity index (χ1n) is 4.14. The van der Waals surface area contributed by atoms with Crippen LogP contribution in [0.5, 0.6) is 5.75 Å². The van der Waals surface area contributed by atoms with Crippen LogP contribution in [0.1, 0.15) is 12.8 Å². The second-order valence-corrected chi connectivity index (χ2v) is 3.45. The predicted molar refractivity (Wildman–Crippen MR) is 49.6 cm³/mol. The third-order valence-electron chi connectivity index (χ3n) is 1.77. The molecule has 0 spiro atoms. The summed E-state index contributed by atoms with van der Waals surface area (Å²) in [5, 5.41) is 10.5. The highest BCUT2D eigenvalue weighted by Crippen LogP contribution is 2.29.